The molecule has 1 saturated heterocycles. The average molecular weight is 414 g/mol. The number of piperidine rings is 1. The molecule has 3 N–H and O–H groups in total. The van der Waals surface area contributed by atoms with Crippen LogP contribution in [0.1, 0.15) is 43.3 Å². The van der Waals surface area contributed by atoms with Crippen LogP contribution in [0.5, 0.6) is 0 Å². The van der Waals surface area contributed by atoms with Gasteiger partial charge in [0.2, 0.25) is 5.91 Å². The van der Waals surface area contributed by atoms with E-state index in [1.807, 2.05) is 12.1 Å². The summed E-state index contributed by atoms with van der Waals surface area (Å²) in [5.41, 5.74) is -0.526. The second-order valence-corrected chi connectivity index (χ2v) is 7.63. The van der Waals surface area contributed by atoms with Crippen molar-refractivity contribution < 1.29 is 9.21 Å². The Bertz CT molecular complexity index is 1120. The summed E-state index contributed by atoms with van der Waals surface area (Å²) >= 11 is 0. The lowest BCUT2D eigenvalue weighted by Crippen LogP contribution is -2.40. The van der Waals surface area contributed by atoms with Gasteiger partial charge in [0.1, 0.15) is 17.1 Å². The number of H-pyrrole nitrogens is 2. The number of aromatic amines is 2. The molecule has 0 aromatic carbocycles. The maximum Gasteiger partial charge on any atom is 0.329 e. The molecule has 0 unspecified atom stereocenters. The van der Waals surface area contributed by atoms with E-state index in [-0.39, 0.29) is 29.5 Å². The minimum absolute atomic E-state index is 0.0172. The summed E-state index contributed by atoms with van der Waals surface area (Å²) in [6.07, 6.45) is 5.75. The van der Waals surface area contributed by atoms with E-state index in [4.69, 9.17) is 4.42 Å². The van der Waals surface area contributed by atoms with Gasteiger partial charge in [-0.1, -0.05) is 6.42 Å². The Kier molecular flexibility index (Phi) is 5.84. The predicted molar refractivity (Wildman–Crippen MR) is 110 cm³/mol. The van der Waals surface area contributed by atoms with Gasteiger partial charge in [-0.25, -0.2) is 9.78 Å². The Labute approximate surface area is 172 Å². The Balaban J connectivity index is 1.38. The van der Waals surface area contributed by atoms with Crippen LogP contribution in [0.3, 0.4) is 0 Å². The van der Waals surface area contributed by atoms with Crippen LogP contribution < -0.4 is 16.6 Å². The Morgan fingerprint density at radius 2 is 2.07 bits per heavy atom. The highest BCUT2D eigenvalue weighted by Crippen LogP contribution is 2.24. The fraction of sp³-hybridized carbons (Fsp3) is 0.500. The van der Waals surface area contributed by atoms with Gasteiger partial charge in [0.25, 0.3) is 5.56 Å². The maximum atomic E-state index is 12.5. The third-order valence-electron chi connectivity index (χ3n) is 5.59. The van der Waals surface area contributed by atoms with Gasteiger partial charge in [0.05, 0.1) is 12.3 Å². The lowest BCUT2D eigenvalue weighted by Gasteiger charge is -2.33. The quantitative estimate of drug-likeness (QED) is 0.525. The zero-order chi connectivity index (χ0) is 21.1. The first-order valence-corrected chi connectivity index (χ1v) is 10.2. The summed E-state index contributed by atoms with van der Waals surface area (Å²) in [5, 5.41) is 3.00. The number of nitrogens with zero attached hydrogens (tertiary/aromatic N) is 3. The van der Waals surface area contributed by atoms with E-state index in [0.717, 1.165) is 31.7 Å². The molecule has 1 fully saturated rings. The number of nitrogens with one attached hydrogen (secondary N) is 3. The molecule has 1 atom stereocenters. The number of amides is 1. The van der Waals surface area contributed by atoms with Gasteiger partial charge in [-0.2, -0.15) is 0 Å². The van der Waals surface area contributed by atoms with E-state index in [1.54, 1.807) is 6.26 Å². The number of rotatable bonds is 7. The molecule has 3 aromatic rings. The lowest BCUT2D eigenvalue weighted by atomic mass is 10.1. The molecule has 1 amide bonds. The second kappa shape index (κ2) is 8.70. The number of carbonyl (C=O) groups excluding carboxylic acids is 1. The van der Waals surface area contributed by atoms with Crippen molar-refractivity contribution in [1.82, 2.24) is 29.7 Å². The van der Waals surface area contributed by atoms with Crippen molar-refractivity contribution in [3.8, 4) is 0 Å². The Morgan fingerprint density at radius 3 is 2.80 bits per heavy atom. The summed E-state index contributed by atoms with van der Waals surface area (Å²) in [4.78, 5) is 47.8. The summed E-state index contributed by atoms with van der Waals surface area (Å²) in [7, 11) is 1.54. The van der Waals surface area contributed by atoms with E-state index >= 15 is 0 Å². The van der Waals surface area contributed by atoms with Crippen LogP contribution >= 0.6 is 0 Å². The molecule has 0 aliphatic carbocycles. The van der Waals surface area contributed by atoms with Gasteiger partial charge in [-0.05, 0) is 38.1 Å². The van der Waals surface area contributed by atoms with E-state index in [2.05, 4.69) is 25.2 Å². The van der Waals surface area contributed by atoms with Gasteiger partial charge in [0, 0.05) is 26.4 Å². The van der Waals surface area contributed by atoms with Crippen molar-refractivity contribution >= 4 is 17.1 Å². The molecule has 30 heavy (non-hydrogen) atoms. The van der Waals surface area contributed by atoms with Crippen LogP contribution in [0.4, 0.5) is 0 Å². The van der Waals surface area contributed by atoms with Gasteiger partial charge in [0.15, 0.2) is 5.65 Å². The molecule has 1 aliphatic rings. The fourth-order valence-corrected chi connectivity index (χ4v) is 3.92. The van der Waals surface area contributed by atoms with Gasteiger partial charge in [-0.3, -0.25) is 24.0 Å². The number of likely N-dealkylation sites (tertiary alicyclic amines) is 1. The molecule has 10 nitrogen and oxygen atoms in total. The van der Waals surface area contributed by atoms with E-state index in [1.165, 1.54) is 18.0 Å². The molecule has 0 radical (unpaired) electrons. The van der Waals surface area contributed by atoms with Gasteiger partial charge in [-0.15, -0.1) is 0 Å². The fourth-order valence-electron chi connectivity index (χ4n) is 3.92. The normalized spacial score (nSPS) is 16.0. The molecule has 0 spiro atoms. The summed E-state index contributed by atoms with van der Waals surface area (Å²) in [6, 6.07) is 3.83. The molecule has 4 rings (SSSR count). The third kappa shape index (κ3) is 4.23. The van der Waals surface area contributed by atoms with E-state index in [0.29, 0.717) is 18.8 Å². The highest BCUT2D eigenvalue weighted by molar-refractivity contribution is 5.76. The van der Waals surface area contributed by atoms with Crippen LogP contribution in [0.25, 0.3) is 11.2 Å². The summed E-state index contributed by atoms with van der Waals surface area (Å²) in [5.74, 6) is 1.24. The molecule has 4 heterocycles. The number of furan rings is 1. The number of hydrogen-bond donors (Lipinski definition) is 3. The van der Waals surface area contributed by atoms with Gasteiger partial charge < -0.3 is 14.7 Å². The highest BCUT2D eigenvalue weighted by Gasteiger charge is 2.25. The first kappa shape index (κ1) is 20.1. The van der Waals surface area contributed by atoms with Crippen LogP contribution in [-0.4, -0.2) is 50.0 Å². The van der Waals surface area contributed by atoms with Crippen LogP contribution in [-0.2, 0) is 18.3 Å². The maximum absolute atomic E-state index is 12.5. The first-order chi connectivity index (χ1) is 14.5. The minimum Gasteiger partial charge on any atom is -0.468 e. The Morgan fingerprint density at radius 1 is 1.27 bits per heavy atom. The SMILES string of the molecule is Cn1c(=O)[nH]c(=O)c2[nH]c(CCC(=O)NC[C@@H](c3ccco3)N3CCCCC3)nc21. The van der Waals surface area contributed by atoms with E-state index < -0.39 is 11.2 Å². The standard InChI is InChI=1S/C20H26N6O4/c1-25-18-17(19(28)24-20(25)29)22-15(23-18)7-8-16(27)21-12-13(14-6-5-11-30-14)26-9-3-2-4-10-26/h5-6,11,13H,2-4,7-10,12H2,1H3,(H,21,27)(H,22,23)(H,24,28,29)/t13-/m0/s1. The number of aryl methyl sites for hydroxylation is 2. The third-order valence-corrected chi connectivity index (χ3v) is 5.59. The molecular weight excluding hydrogens is 388 g/mol. The molecule has 3 aromatic heterocycles. The van der Waals surface area contributed by atoms with Crippen LogP contribution in [0, 0.1) is 0 Å². The lowest BCUT2D eigenvalue weighted by molar-refractivity contribution is -0.121. The zero-order valence-corrected chi connectivity index (χ0v) is 16.9. The van der Waals surface area contributed by atoms with Crippen molar-refractivity contribution in [2.75, 3.05) is 19.6 Å². The van der Waals surface area contributed by atoms with Crippen molar-refractivity contribution in [2.24, 2.45) is 7.05 Å². The van der Waals surface area contributed by atoms with Gasteiger partial charge >= 0.3 is 5.69 Å². The Hall–Kier alpha value is -3.14. The molecule has 10 heteroatoms. The number of imidazole rings is 1. The average Bonchev–Trinajstić information content (AvgIpc) is 3.42. The molecule has 0 saturated carbocycles. The van der Waals surface area contributed by atoms with Crippen molar-refractivity contribution in [3.05, 3.63) is 50.8 Å². The first-order valence-electron chi connectivity index (χ1n) is 10.2. The molecular formula is C20H26N6O4. The summed E-state index contributed by atoms with van der Waals surface area (Å²) < 4.78 is 6.88. The summed E-state index contributed by atoms with van der Waals surface area (Å²) in [6.45, 7) is 2.46. The smallest absolute Gasteiger partial charge is 0.329 e. The van der Waals surface area contributed by atoms with E-state index in [9.17, 15) is 14.4 Å². The number of carbonyl (C=O) groups is 1. The van der Waals surface area contributed by atoms with Crippen LogP contribution in [0.2, 0.25) is 0 Å². The topological polar surface area (TPSA) is 129 Å². The van der Waals surface area contributed by atoms with Crippen molar-refractivity contribution in [1.29, 1.82) is 0 Å². The predicted octanol–water partition coefficient (Wildman–Crippen LogP) is 0.819. The number of fused-ring (bicyclic) bond motifs is 1. The van der Waals surface area contributed by atoms with Crippen molar-refractivity contribution in [2.45, 2.75) is 38.1 Å². The largest absolute Gasteiger partial charge is 0.468 e. The molecule has 160 valence electrons. The zero-order valence-electron chi connectivity index (χ0n) is 16.9. The second-order valence-electron chi connectivity index (χ2n) is 7.63. The number of hydrogen-bond acceptors (Lipinski definition) is 6. The highest BCUT2D eigenvalue weighted by atomic mass is 16.3. The monoisotopic (exact) mass is 414 g/mol. The molecule has 1 aliphatic heterocycles. The van der Waals surface area contributed by atoms with Crippen LogP contribution in [0.15, 0.2) is 32.4 Å². The number of aromatic nitrogens is 4. The van der Waals surface area contributed by atoms with Crippen molar-refractivity contribution in [3.63, 3.8) is 0 Å². The minimum atomic E-state index is -0.523. The molecule has 0 bridgehead atoms.